The number of hydrogen-bond acceptors (Lipinski definition) is 4. The van der Waals surface area contributed by atoms with Gasteiger partial charge < -0.3 is 14.6 Å². The first kappa shape index (κ1) is 17.7. The van der Waals surface area contributed by atoms with Gasteiger partial charge in [-0.3, -0.25) is 4.90 Å². The van der Waals surface area contributed by atoms with Crippen molar-refractivity contribution < 1.29 is 19.0 Å². The maximum atomic E-state index is 13.1. The van der Waals surface area contributed by atoms with Crippen molar-refractivity contribution in [2.24, 2.45) is 0 Å². The molecule has 1 unspecified atom stereocenters. The zero-order valence-corrected chi connectivity index (χ0v) is 14.5. The highest BCUT2D eigenvalue weighted by Crippen LogP contribution is 2.26. The van der Waals surface area contributed by atoms with E-state index in [-0.39, 0.29) is 17.7 Å². The maximum absolute atomic E-state index is 13.1. The fourth-order valence-electron chi connectivity index (χ4n) is 3.15. The molecule has 2 aromatic carbocycles. The van der Waals surface area contributed by atoms with Crippen molar-refractivity contribution in [1.29, 1.82) is 0 Å². The zero-order chi connectivity index (χ0) is 17.6. The number of aromatic hydroxyl groups is 1. The lowest BCUT2D eigenvalue weighted by molar-refractivity contribution is 0.0676. The summed E-state index contributed by atoms with van der Waals surface area (Å²) < 4.78 is 24.0. The summed E-state index contributed by atoms with van der Waals surface area (Å²) in [6.45, 7) is 2.85. The van der Waals surface area contributed by atoms with Crippen LogP contribution < -0.4 is 4.74 Å². The SMILES string of the molecule is COc1ccc(CN(Cc2ccc(F)cc2)CC2CCCO2)c(O)c1. The first-order chi connectivity index (χ1) is 12.1. The molecule has 1 atom stereocenters. The minimum Gasteiger partial charge on any atom is -0.507 e. The summed E-state index contributed by atoms with van der Waals surface area (Å²) >= 11 is 0. The van der Waals surface area contributed by atoms with E-state index in [9.17, 15) is 9.50 Å². The summed E-state index contributed by atoms with van der Waals surface area (Å²) in [4.78, 5) is 2.23. The summed E-state index contributed by atoms with van der Waals surface area (Å²) in [5, 5.41) is 10.2. The lowest BCUT2D eigenvalue weighted by Crippen LogP contribution is -2.31. The molecule has 4 nitrogen and oxygen atoms in total. The third-order valence-corrected chi connectivity index (χ3v) is 4.49. The van der Waals surface area contributed by atoms with Gasteiger partial charge in [0, 0.05) is 37.9 Å². The second-order valence-electron chi connectivity index (χ2n) is 6.43. The Morgan fingerprint density at radius 2 is 2.00 bits per heavy atom. The fourth-order valence-corrected chi connectivity index (χ4v) is 3.15. The van der Waals surface area contributed by atoms with Gasteiger partial charge in [0.2, 0.25) is 0 Å². The van der Waals surface area contributed by atoms with Crippen LogP contribution in [0.25, 0.3) is 0 Å². The Bertz CT molecular complexity index is 684. The number of halogens is 1. The molecule has 25 heavy (non-hydrogen) atoms. The molecule has 1 fully saturated rings. The Balaban J connectivity index is 1.74. The third kappa shape index (κ3) is 4.94. The molecule has 3 rings (SSSR count). The number of benzene rings is 2. The van der Waals surface area contributed by atoms with Crippen molar-refractivity contribution in [3.8, 4) is 11.5 Å². The van der Waals surface area contributed by atoms with E-state index < -0.39 is 0 Å². The molecular formula is C20H24FNO3. The van der Waals surface area contributed by atoms with Gasteiger partial charge in [-0.25, -0.2) is 4.39 Å². The molecule has 0 aliphatic carbocycles. The number of rotatable bonds is 7. The smallest absolute Gasteiger partial charge is 0.123 e. The highest BCUT2D eigenvalue weighted by atomic mass is 19.1. The van der Waals surface area contributed by atoms with Gasteiger partial charge in [0.25, 0.3) is 0 Å². The molecular weight excluding hydrogens is 321 g/mol. The molecule has 1 N–H and O–H groups in total. The molecule has 1 aliphatic heterocycles. The molecule has 0 amide bonds. The highest BCUT2D eigenvalue weighted by Gasteiger charge is 2.20. The summed E-state index contributed by atoms with van der Waals surface area (Å²) in [7, 11) is 1.58. The Kier molecular flexibility index (Phi) is 5.89. The van der Waals surface area contributed by atoms with Crippen molar-refractivity contribution in [1.82, 2.24) is 4.90 Å². The molecule has 0 bridgehead atoms. The number of nitrogens with zero attached hydrogens (tertiary/aromatic N) is 1. The van der Waals surface area contributed by atoms with Crippen molar-refractivity contribution in [3.63, 3.8) is 0 Å². The topological polar surface area (TPSA) is 41.9 Å². The van der Waals surface area contributed by atoms with E-state index in [1.165, 1.54) is 12.1 Å². The maximum Gasteiger partial charge on any atom is 0.123 e. The van der Waals surface area contributed by atoms with Crippen LogP contribution in [0.5, 0.6) is 11.5 Å². The predicted molar refractivity (Wildman–Crippen MR) is 94.1 cm³/mol. The molecule has 0 spiro atoms. The van der Waals surface area contributed by atoms with Gasteiger partial charge in [0.1, 0.15) is 17.3 Å². The minimum absolute atomic E-state index is 0.209. The quantitative estimate of drug-likeness (QED) is 0.830. The summed E-state index contributed by atoms with van der Waals surface area (Å²) in [5.74, 6) is 0.614. The van der Waals surface area contributed by atoms with Crippen molar-refractivity contribution in [2.75, 3.05) is 20.3 Å². The zero-order valence-electron chi connectivity index (χ0n) is 14.5. The van der Waals surface area contributed by atoms with Crippen LogP contribution in [-0.4, -0.2) is 36.4 Å². The monoisotopic (exact) mass is 345 g/mol. The Morgan fingerprint density at radius 1 is 1.20 bits per heavy atom. The molecule has 134 valence electrons. The average molecular weight is 345 g/mol. The van der Waals surface area contributed by atoms with Gasteiger partial charge in [0.05, 0.1) is 13.2 Å². The largest absolute Gasteiger partial charge is 0.507 e. The van der Waals surface area contributed by atoms with Gasteiger partial charge in [0.15, 0.2) is 0 Å². The highest BCUT2D eigenvalue weighted by molar-refractivity contribution is 5.39. The second-order valence-corrected chi connectivity index (χ2v) is 6.43. The van der Waals surface area contributed by atoms with E-state index in [0.717, 1.165) is 37.1 Å². The predicted octanol–water partition coefficient (Wildman–Crippen LogP) is 3.72. The lowest BCUT2D eigenvalue weighted by Gasteiger charge is -2.26. The van der Waals surface area contributed by atoms with Crippen molar-refractivity contribution in [3.05, 3.63) is 59.4 Å². The normalized spacial score (nSPS) is 17.2. The van der Waals surface area contributed by atoms with E-state index in [0.29, 0.717) is 18.8 Å². The molecule has 2 aromatic rings. The van der Waals surface area contributed by atoms with Gasteiger partial charge in [-0.05, 0) is 36.6 Å². The van der Waals surface area contributed by atoms with Crippen LogP contribution in [0.3, 0.4) is 0 Å². The number of ether oxygens (including phenoxy) is 2. The Hall–Kier alpha value is -2.11. The molecule has 0 aromatic heterocycles. The van der Waals surface area contributed by atoms with Gasteiger partial charge in [-0.15, -0.1) is 0 Å². The third-order valence-electron chi connectivity index (χ3n) is 4.49. The van der Waals surface area contributed by atoms with Gasteiger partial charge in [-0.2, -0.15) is 0 Å². The number of hydrogen-bond donors (Lipinski definition) is 1. The van der Waals surface area contributed by atoms with E-state index in [2.05, 4.69) is 4.90 Å². The molecule has 5 heteroatoms. The van der Waals surface area contributed by atoms with E-state index in [1.54, 1.807) is 25.3 Å². The van der Waals surface area contributed by atoms with Crippen LogP contribution in [0.1, 0.15) is 24.0 Å². The van der Waals surface area contributed by atoms with E-state index in [4.69, 9.17) is 9.47 Å². The molecule has 1 saturated heterocycles. The summed E-state index contributed by atoms with van der Waals surface area (Å²) in [5.41, 5.74) is 1.87. The standard InChI is InChI=1S/C20H24FNO3/c1-24-18-9-6-16(20(23)11-18)13-22(14-19-3-2-10-25-19)12-15-4-7-17(21)8-5-15/h4-9,11,19,23H,2-3,10,12-14H2,1H3. The van der Waals surface area contributed by atoms with Gasteiger partial charge in [-0.1, -0.05) is 18.2 Å². The molecule has 0 saturated carbocycles. The molecule has 1 heterocycles. The lowest BCUT2D eigenvalue weighted by atomic mass is 10.1. The second kappa shape index (κ2) is 8.32. The van der Waals surface area contributed by atoms with E-state index in [1.807, 2.05) is 12.1 Å². The first-order valence-corrected chi connectivity index (χ1v) is 8.58. The Labute approximate surface area is 147 Å². The number of methoxy groups -OCH3 is 1. The van der Waals surface area contributed by atoms with Crippen molar-refractivity contribution in [2.45, 2.75) is 32.0 Å². The van der Waals surface area contributed by atoms with E-state index >= 15 is 0 Å². The summed E-state index contributed by atoms with van der Waals surface area (Å²) in [6.07, 6.45) is 2.35. The van der Waals surface area contributed by atoms with Gasteiger partial charge >= 0.3 is 0 Å². The van der Waals surface area contributed by atoms with Crippen molar-refractivity contribution >= 4 is 0 Å². The van der Waals surface area contributed by atoms with Crippen LogP contribution in [0.4, 0.5) is 4.39 Å². The molecule has 1 aliphatic rings. The fraction of sp³-hybridized carbons (Fsp3) is 0.400. The first-order valence-electron chi connectivity index (χ1n) is 8.58. The van der Waals surface area contributed by atoms with Crippen LogP contribution in [0.2, 0.25) is 0 Å². The number of phenolic OH excluding ortho intramolecular Hbond substituents is 1. The van der Waals surface area contributed by atoms with Crippen LogP contribution in [0, 0.1) is 5.82 Å². The van der Waals surface area contributed by atoms with Crippen LogP contribution in [-0.2, 0) is 17.8 Å². The average Bonchev–Trinajstić information content (AvgIpc) is 3.11. The minimum atomic E-state index is -0.234. The molecule has 0 radical (unpaired) electrons. The summed E-state index contributed by atoms with van der Waals surface area (Å²) in [6, 6.07) is 11.9. The van der Waals surface area contributed by atoms with Crippen LogP contribution >= 0.6 is 0 Å². The van der Waals surface area contributed by atoms with Crippen LogP contribution in [0.15, 0.2) is 42.5 Å². The number of phenols is 1. The Morgan fingerprint density at radius 3 is 2.64 bits per heavy atom.